The van der Waals surface area contributed by atoms with Crippen molar-refractivity contribution >= 4 is 5.71 Å². The number of pyridine rings is 1. The Balaban J connectivity index is 3.34. The number of halogens is 6. The van der Waals surface area contributed by atoms with Gasteiger partial charge in [-0.2, -0.15) is 31.3 Å². The normalized spacial score (nSPS) is 14.0. The Labute approximate surface area is 116 Å². The molecule has 0 bridgehead atoms. The molecule has 0 N–H and O–H groups in total. The highest BCUT2D eigenvalue weighted by atomic mass is 19.4. The maximum absolute atomic E-state index is 12.6. The third-order valence-electron chi connectivity index (χ3n) is 2.34. The molecule has 0 atom stereocenters. The van der Waals surface area contributed by atoms with Gasteiger partial charge in [0.15, 0.2) is 0 Å². The maximum Gasteiger partial charge on any atom is 0.416 e. The van der Waals surface area contributed by atoms with Crippen LogP contribution < -0.4 is 0 Å². The molecule has 0 unspecified atom stereocenters. The molecule has 21 heavy (non-hydrogen) atoms. The van der Waals surface area contributed by atoms with Crippen LogP contribution in [0.2, 0.25) is 0 Å². The molecule has 0 amide bonds. The molecule has 2 nitrogen and oxygen atoms in total. The van der Waals surface area contributed by atoms with Gasteiger partial charge in [-0.05, 0) is 25.1 Å². The van der Waals surface area contributed by atoms with Crippen molar-refractivity contribution in [3.05, 3.63) is 41.2 Å². The quantitative estimate of drug-likeness (QED) is 0.461. The summed E-state index contributed by atoms with van der Waals surface area (Å²) < 4.78 is 75.1. The molecule has 0 fully saturated rings. The number of nitrogens with zero attached hydrogens (tertiary/aromatic N) is 2. The van der Waals surface area contributed by atoms with Crippen molar-refractivity contribution in [2.24, 2.45) is 4.99 Å². The Morgan fingerprint density at radius 3 is 2.38 bits per heavy atom. The van der Waals surface area contributed by atoms with Crippen molar-refractivity contribution in [3.8, 4) is 12.5 Å². The molecule has 0 saturated heterocycles. The van der Waals surface area contributed by atoms with Crippen LogP contribution in [-0.4, -0.2) is 16.9 Å². The Kier molecular flexibility index (Phi) is 4.78. The first-order valence-corrected chi connectivity index (χ1v) is 5.38. The predicted molar refractivity (Wildman–Crippen MR) is 64.4 cm³/mol. The van der Waals surface area contributed by atoms with E-state index in [0.717, 1.165) is 13.1 Å². The van der Waals surface area contributed by atoms with E-state index in [9.17, 15) is 26.3 Å². The highest BCUT2D eigenvalue weighted by Crippen LogP contribution is 2.30. The van der Waals surface area contributed by atoms with Crippen LogP contribution in [0.3, 0.4) is 0 Å². The van der Waals surface area contributed by atoms with Crippen LogP contribution in [0, 0.1) is 12.5 Å². The topological polar surface area (TPSA) is 25.2 Å². The number of aliphatic imine (C=N–C) groups is 1. The zero-order valence-corrected chi connectivity index (χ0v) is 10.5. The smallest absolute Gasteiger partial charge is 0.255 e. The molecule has 0 spiro atoms. The van der Waals surface area contributed by atoms with Crippen LogP contribution in [0.4, 0.5) is 26.3 Å². The second-order valence-electron chi connectivity index (χ2n) is 3.88. The van der Waals surface area contributed by atoms with E-state index in [1.54, 1.807) is 6.04 Å². The maximum atomic E-state index is 12.6. The molecule has 8 heteroatoms. The van der Waals surface area contributed by atoms with Crippen molar-refractivity contribution in [3.63, 3.8) is 0 Å². The van der Waals surface area contributed by atoms with Gasteiger partial charge in [0, 0.05) is 17.8 Å². The lowest BCUT2D eigenvalue weighted by Crippen LogP contribution is -2.13. The van der Waals surface area contributed by atoms with Crippen molar-refractivity contribution in [1.29, 1.82) is 0 Å². The van der Waals surface area contributed by atoms with Crippen LogP contribution in [0.15, 0.2) is 35.0 Å². The third kappa shape index (κ3) is 4.63. The van der Waals surface area contributed by atoms with Gasteiger partial charge in [0.25, 0.3) is 0 Å². The Bertz CT molecular complexity index is 617. The van der Waals surface area contributed by atoms with Crippen LogP contribution in [0.25, 0.3) is 0 Å². The summed E-state index contributed by atoms with van der Waals surface area (Å²) in [7, 11) is 0. The Morgan fingerprint density at radius 2 is 1.90 bits per heavy atom. The Morgan fingerprint density at radius 1 is 1.29 bits per heavy atom. The molecule has 1 aromatic rings. The van der Waals surface area contributed by atoms with E-state index >= 15 is 0 Å². The van der Waals surface area contributed by atoms with E-state index in [0.29, 0.717) is 18.2 Å². The fourth-order valence-corrected chi connectivity index (χ4v) is 1.27. The first-order valence-electron chi connectivity index (χ1n) is 5.38. The minimum Gasteiger partial charge on any atom is -0.255 e. The predicted octanol–water partition coefficient (Wildman–Crippen LogP) is 3.99. The molecule has 1 rings (SSSR count). The van der Waals surface area contributed by atoms with Gasteiger partial charge in [-0.15, -0.1) is 0 Å². The second-order valence-corrected chi connectivity index (χ2v) is 3.88. The van der Waals surface area contributed by atoms with E-state index in [-0.39, 0.29) is 0 Å². The van der Waals surface area contributed by atoms with E-state index in [1.807, 2.05) is 0 Å². The zero-order chi connectivity index (χ0) is 16.3. The molecule has 0 saturated carbocycles. The fraction of sp³-hybridized carbons (Fsp3) is 0.231. The summed E-state index contributed by atoms with van der Waals surface area (Å²) in [5, 5.41) is 0. The van der Waals surface area contributed by atoms with Gasteiger partial charge < -0.3 is 0 Å². The molecule has 1 heterocycles. The first-order chi connectivity index (χ1) is 9.55. The van der Waals surface area contributed by atoms with Crippen molar-refractivity contribution in [1.82, 2.24) is 4.98 Å². The second kappa shape index (κ2) is 5.99. The molecular weight excluding hydrogens is 298 g/mol. The highest BCUT2D eigenvalue weighted by molar-refractivity contribution is 6.08. The lowest BCUT2D eigenvalue weighted by atomic mass is 10.1. The van der Waals surface area contributed by atoms with E-state index in [1.165, 1.54) is 0 Å². The third-order valence-corrected chi connectivity index (χ3v) is 2.34. The van der Waals surface area contributed by atoms with Gasteiger partial charge in [-0.25, -0.2) is 0 Å². The Hall–Kier alpha value is -2.30. The van der Waals surface area contributed by atoms with Crippen molar-refractivity contribution < 1.29 is 26.3 Å². The number of terminal acetylenes is 1. The molecular formula is C13H8F6N2. The van der Waals surface area contributed by atoms with Crippen LogP contribution in [-0.2, 0) is 6.18 Å². The summed E-state index contributed by atoms with van der Waals surface area (Å²) in [6.07, 6.45) is -3.05. The summed E-state index contributed by atoms with van der Waals surface area (Å²) >= 11 is 0. The molecule has 1 aromatic heterocycles. The largest absolute Gasteiger partial charge is 0.416 e. The first kappa shape index (κ1) is 16.8. The number of aromatic nitrogens is 1. The van der Waals surface area contributed by atoms with E-state index in [2.05, 4.69) is 9.98 Å². The van der Waals surface area contributed by atoms with Gasteiger partial charge in [-0.3, -0.25) is 4.98 Å². The van der Waals surface area contributed by atoms with Gasteiger partial charge in [0.2, 0.25) is 0 Å². The minimum atomic E-state index is -4.65. The van der Waals surface area contributed by atoms with Crippen LogP contribution in [0.1, 0.15) is 18.2 Å². The number of allylic oxidation sites excluding steroid dienone is 2. The SMILES string of the molecule is C#CN=C(/C=C(\C)C(F)(F)F)c1cc(C(F)(F)F)ccn1. The van der Waals surface area contributed by atoms with Crippen molar-refractivity contribution in [2.45, 2.75) is 19.3 Å². The van der Waals surface area contributed by atoms with E-state index in [4.69, 9.17) is 6.42 Å². The van der Waals surface area contributed by atoms with Gasteiger partial charge in [0.1, 0.15) is 0 Å². The molecule has 0 aromatic carbocycles. The van der Waals surface area contributed by atoms with Crippen LogP contribution in [0.5, 0.6) is 0 Å². The number of hydrogen-bond acceptors (Lipinski definition) is 2. The van der Waals surface area contributed by atoms with Crippen LogP contribution >= 0.6 is 0 Å². The van der Waals surface area contributed by atoms with E-state index < -0.39 is 34.9 Å². The average Bonchev–Trinajstić information content (AvgIpc) is 2.36. The fourth-order valence-electron chi connectivity index (χ4n) is 1.27. The molecule has 112 valence electrons. The molecule has 0 aliphatic heterocycles. The average molecular weight is 306 g/mol. The summed E-state index contributed by atoms with van der Waals surface area (Å²) in [5.74, 6) is 0. The summed E-state index contributed by atoms with van der Waals surface area (Å²) in [6.45, 7) is 0.750. The highest BCUT2D eigenvalue weighted by Gasteiger charge is 2.32. The zero-order valence-electron chi connectivity index (χ0n) is 10.5. The number of alkyl halides is 6. The summed E-state index contributed by atoms with van der Waals surface area (Å²) in [6, 6.07) is 3.01. The van der Waals surface area contributed by atoms with Gasteiger partial charge in [0.05, 0.1) is 17.0 Å². The molecule has 0 radical (unpaired) electrons. The van der Waals surface area contributed by atoms with Gasteiger partial charge in [-0.1, -0.05) is 6.42 Å². The number of hydrogen-bond donors (Lipinski definition) is 0. The summed E-state index contributed by atoms with van der Waals surface area (Å²) in [4.78, 5) is 6.88. The monoisotopic (exact) mass is 306 g/mol. The lowest BCUT2D eigenvalue weighted by molar-refractivity contribution is -0.137. The lowest BCUT2D eigenvalue weighted by Gasteiger charge is -2.09. The molecule has 0 aliphatic rings. The molecule has 0 aliphatic carbocycles. The van der Waals surface area contributed by atoms with Gasteiger partial charge >= 0.3 is 12.4 Å². The number of rotatable bonds is 2. The summed E-state index contributed by atoms with van der Waals surface area (Å²) in [5.41, 5.74) is -2.99. The standard InChI is InChI=1S/C13H8F6N2/c1-3-20-10(6-8(2)12(14,15)16)11-7-9(4-5-21-11)13(17,18)19/h1,4-7H,2H3/b8-6+,20-10?. The van der Waals surface area contributed by atoms with Crippen molar-refractivity contribution in [2.75, 3.05) is 0 Å². The minimum absolute atomic E-state index is 0.397.